The zero-order valence-electron chi connectivity index (χ0n) is 17.9. The van der Waals surface area contributed by atoms with Crippen LogP contribution in [0.1, 0.15) is 52.9 Å². The molecule has 0 aromatic carbocycles. The molecule has 0 aromatic rings. The van der Waals surface area contributed by atoms with Gasteiger partial charge in [-0.1, -0.05) is 27.2 Å². The van der Waals surface area contributed by atoms with Crippen LogP contribution >= 0.6 is 11.8 Å². The molecule has 8 heteroatoms. The zero-order chi connectivity index (χ0) is 21.3. The van der Waals surface area contributed by atoms with Crippen LogP contribution < -0.4 is 10.6 Å². The van der Waals surface area contributed by atoms with E-state index in [-0.39, 0.29) is 35.5 Å². The molecular weight excluding hydrogens is 390 g/mol. The van der Waals surface area contributed by atoms with Gasteiger partial charge in [0.15, 0.2) is 0 Å². The molecule has 3 aliphatic rings. The van der Waals surface area contributed by atoms with Crippen molar-refractivity contribution >= 4 is 29.5 Å². The summed E-state index contributed by atoms with van der Waals surface area (Å²) in [6.07, 6.45) is 4.09. The van der Waals surface area contributed by atoms with Gasteiger partial charge in [0.1, 0.15) is 6.04 Å². The number of aliphatic hydroxyl groups is 1. The molecule has 2 unspecified atom stereocenters. The quantitative estimate of drug-likeness (QED) is 0.481. The summed E-state index contributed by atoms with van der Waals surface area (Å²) in [6.45, 7) is 6.57. The molecule has 0 aliphatic carbocycles. The molecule has 3 fully saturated rings. The van der Waals surface area contributed by atoms with Crippen molar-refractivity contribution < 1.29 is 19.5 Å². The molecule has 3 rings (SSSR count). The van der Waals surface area contributed by atoms with Crippen LogP contribution in [0.4, 0.5) is 0 Å². The van der Waals surface area contributed by atoms with E-state index in [4.69, 9.17) is 0 Å². The molecule has 0 radical (unpaired) electrons. The molecule has 0 aromatic heterocycles. The second kappa shape index (κ2) is 8.84. The first-order chi connectivity index (χ1) is 13.8. The highest BCUT2D eigenvalue weighted by Gasteiger charge is 2.74. The second-order valence-electron chi connectivity index (χ2n) is 9.03. The Morgan fingerprint density at radius 3 is 2.66 bits per heavy atom. The molecule has 3 N–H and O–H groups in total. The number of nitrogens with zero attached hydrogens (tertiary/aromatic N) is 1. The van der Waals surface area contributed by atoms with Crippen molar-refractivity contribution in [1.82, 2.24) is 15.5 Å². The highest BCUT2D eigenvalue weighted by molar-refractivity contribution is 8.02. The van der Waals surface area contributed by atoms with Crippen LogP contribution in [-0.4, -0.2) is 70.0 Å². The van der Waals surface area contributed by atoms with Crippen LogP contribution in [0, 0.1) is 17.8 Å². The highest BCUT2D eigenvalue weighted by Crippen LogP contribution is 2.66. The van der Waals surface area contributed by atoms with E-state index in [1.165, 1.54) is 0 Å². The van der Waals surface area contributed by atoms with E-state index in [0.717, 1.165) is 25.7 Å². The summed E-state index contributed by atoms with van der Waals surface area (Å²) in [5.41, 5.74) is 0. The van der Waals surface area contributed by atoms with Crippen molar-refractivity contribution in [3.05, 3.63) is 0 Å². The van der Waals surface area contributed by atoms with E-state index in [1.54, 1.807) is 23.7 Å². The summed E-state index contributed by atoms with van der Waals surface area (Å²) in [5.74, 6) is -1.000. The summed E-state index contributed by atoms with van der Waals surface area (Å²) in [6, 6.07) is -1.04. The first-order valence-electron chi connectivity index (χ1n) is 10.9. The van der Waals surface area contributed by atoms with Crippen molar-refractivity contribution in [2.45, 2.75) is 75.0 Å². The van der Waals surface area contributed by atoms with Crippen LogP contribution in [0.25, 0.3) is 0 Å². The maximum atomic E-state index is 13.7. The average molecular weight is 426 g/mol. The van der Waals surface area contributed by atoms with Gasteiger partial charge in [0.2, 0.25) is 17.7 Å². The number of thioether (sulfide) groups is 1. The smallest absolute Gasteiger partial charge is 0.244 e. The van der Waals surface area contributed by atoms with Crippen molar-refractivity contribution in [1.29, 1.82) is 0 Å². The lowest BCUT2D eigenvalue weighted by Gasteiger charge is -2.37. The number of aliphatic hydroxyl groups excluding tert-OH is 1. The summed E-state index contributed by atoms with van der Waals surface area (Å²) < 4.78 is -0.570. The molecular formula is C21H35N3O4S. The van der Waals surface area contributed by atoms with Crippen LogP contribution in [0.3, 0.4) is 0 Å². The summed E-state index contributed by atoms with van der Waals surface area (Å²) in [5, 5.41) is 15.9. The fourth-order valence-electron chi connectivity index (χ4n) is 5.56. The topological polar surface area (TPSA) is 98.7 Å². The SMILES string of the molecule is CCCCNC(=O)C1N([C@@H](CO)CC(C)C)C(=O)[C@@H]2[C@@H](C(=O)NC)[C@H]3CCC12S3. The first-order valence-corrected chi connectivity index (χ1v) is 11.8. The van der Waals surface area contributed by atoms with Crippen LogP contribution in [0.5, 0.6) is 0 Å². The predicted octanol–water partition coefficient (Wildman–Crippen LogP) is 1.15. The molecule has 3 amide bonds. The number of nitrogens with one attached hydrogen (secondary N) is 2. The minimum absolute atomic E-state index is 0.0784. The maximum absolute atomic E-state index is 13.7. The Hall–Kier alpha value is -1.28. The first kappa shape index (κ1) is 22.4. The zero-order valence-corrected chi connectivity index (χ0v) is 18.8. The second-order valence-corrected chi connectivity index (χ2v) is 10.6. The van der Waals surface area contributed by atoms with E-state index < -0.39 is 28.7 Å². The van der Waals surface area contributed by atoms with Gasteiger partial charge in [0.05, 0.1) is 29.2 Å². The van der Waals surface area contributed by atoms with E-state index in [9.17, 15) is 19.5 Å². The van der Waals surface area contributed by atoms with Gasteiger partial charge in [-0.15, -0.1) is 11.8 Å². The Morgan fingerprint density at radius 2 is 2.07 bits per heavy atom. The van der Waals surface area contributed by atoms with Gasteiger partial charge in [-0.3, -0.25) is 14.4 Å². The Labute approximate surface area is 177 Å². The van der Waals surface area contributed by atoms with E-state index in [2.05, 4.69) is 17.6 Å². The molecule has 3 aliphatic heterocycles. The molecule has 1 spiro atoms. The normalized spacial score (nSPS) is 33.9. The van der Waals surface area contributed by atoms with E-state index in [1.807, 2.05) is 13.8 Å². The number of hydrogen-bond donors (Lipinski definition) is 3. The van der Waals surface area contributed by atoms with Gasteiger partial charge in [-0.2, -0.15) is 0 Å². The minimum Gasteiger partial charge on any atom is -0.394 e. The highest BCUT2D eigenvalue weighted by atomic mass is 32.2. The lowest BCUT2D eigenvalue weighted by atomic mass is 9.71. The third-order valence-corrected chi connectivity index (χ3v) is 8.66. The van der Waals surface area contributed by atoms with Gasteiger partial charge in [-0.05, 0) is 31.6 Å². The third kappa shape index (κ3) is 3.67. The van der Waals surface area contributed by atoms with E-state index >= 15 is 0 Å². The Morgan fingerprint density at radius 1 is 1.34 bits per heavy atom. The number of likely N-dealkylation sites (tertiary alicyclic amines) is 1. The number of carbonyl (C=O) groups excluding carboxylic acids is 3. The fourth-order valence-corrected chi connectivity index (χ4v) is 7.76. The number of hydrogen-bond acceptors (Lipinski definition) is 5. The molecule has 2 bridgehead atoms. The van der Waals surface area contributed by atoms with Gasteiger partial charge in [-0.25, -0.2) is 0 Å². The summed E-state index contributed by atoms with van der Waals surface area (Å²) in [7, 11) is 1.60. The van der Waals surface area contributed by atoms with Crippen molar-refractivity contribution in [3.8, 4) is 0 Å². The van der Waals surface area contributed by atoms with Gasteiger partial charge < -0.3 is 20.6 Å². The number of amides is 3. The van der Waals surface area contributed by atoms with Crippen molar-refractivity contribution in [3.63, 3.8) is 0 Å². The standard InChI is InChI=1S/C21H35N3O4S/c1-5-6-9-23-19(27)17-21-8-7-14(29-21)15(18(26)22-4)16(21)20(28)24(17)13(11-25)10-12(2)3/h12-17,25H,5-11H2,1-4H3,(H,22,26)(H,23,27)/t13-,14-,15+,16+,17?,21?/m1/s1. The Kier molecular flexibility index (Phi) is 6.83. The number of rotatable bonds is 9. The summed E-state index contributed by atoms with van der Waals surface area (Å²) in [4.78, 5) is 41.3. The van der Waals surface area contributed by atoms with Gasteiger partial charge in [0, 0.05) is 18.8 Å². The maximum Gasteiger partial charge on any atom is 0.244 e. The molecule has 164 valence electrons. The van der Waals surface area contributed by atoms with Crippen LogP contribution in [0.15, 0.2) is 0 Å². The molecule has 6 atom stereocenters. The Balaban J connectivity index is 1.99. The van der Waals surface area contributed by atoms with Crippen LogP contribution in [-0.2, 0) is 14.4 Å². The van der Waals surface area contributed by atoms with Gasteiger partial charge >= 0.3 is 0 Å². The largest absolute Gasteiger partial charge is 0.394 e. The number of unbranched alkanes of at least 4 members (excludes halogenated alkanes) is 1. The number of fused-ring (bicyclic) bond motifs is 1. The van der Waals surface area contributed by atoms with Crippen LogP contribution in [0.2, 0.25) is 0 Å². The third-order valence-electron chi connectivity index (χ3n) is 6.71. The Bertz CT molecular complexity index is 658. The van der Waals surface area contributed by atoms with Crippen molar-refractivity contribution in [2.24, 2.45) is 17.8 Å². The molecule has 29 heavy (non-hydrogen) atoms. The minimum atomic E-state index is -0.627. The molecule has 3 heterocycles. The fraction of sp³-hybridized carbons (Fsp3) is 0.857. The monoisotopic (exact) mass is 425 g/mol. The predicted molar refractivity (Wildman–Crippen MR) is 113 cm³/mol. The number of carbonyl (C=O) groups is 3. The molecule has 7 nitrogen and oxygen atoms in total. The summed E-state index contributed by atoms with van der Waals surface area (Å²) >= 11 is 1.67. The lowest BCUT2D eigenvalue weighted by molar-refractivity contribution is -0.143. The van der Waals surface area contributed by atoms with E-state index in [0.29, 0.717) is 13.0 Å². The van der Waals surface area contributed by atoms with Crippen molar-refractivity contribution in [2.75, 3.05) is 20.2 Å². The van der Waals surface area contributed by atoms with Gasteiger partial charge in [0.25, 0.3) is 0 Å². The lowest BCUT2D eigenvalue weighted by Crippen LogP contribution is -2.56. The average Bonchev–Trinajstić information content (AvgIpc) is 3.33. The molecule has 3 saturated heterocycles. The molecule has 0 saturated carbocycles.